The summed E-state index contributed by atoms with van der Waals surface area (Å²) >= 11 is 0. The minimum absolute atomic E-state index is 0. The highest BCUT2D eigenvalue weighted by atomic mass is 16.5. The Labute approximate surface area is 70.4 Å². The van der Waals surface area contributed by atoms with Crippen molar-refractivity contribution in [2.75, 3.05) is 19.6 Å². The van der Waals surface area contributed by atoms with Crippen molar-refractivity contribution in [3.8, 4) is 0 Å². The first-order chi connectivity index (χ1) is 5.18. The molecule has 0 aliphatic carbocycles. The SMILES string of the molecule is CCCCC[N+]([O-])(CC)CC. The summed E-state index contributed by atoms with van der Waals surface area (Å²) < 4.78 is 0. The molecule has 0 bridgehead atoms. The lowest BCUT2D eigenvalue weighted by Gasteiger charge is -2.41. The van der Waals surface area contributed by atoms with Gasteiger partial charge in [-0.05, 0) is 26.7 Å². The Morgan fingerprint density at radius 1 is 1.00 bits per heavy atom. The van der Waals surface area contributed by atoms with E-state index in [0.717, 1.165) is 26.1 Å². The van der Waals surface area contributed by atoms with E-state index in [-0.39, 0.29) is 4.65 Å². The molecule has 0 fully saturated rings. The van der Waals surface area contributed by atoms with Gasteiger partial charge in [-0.2, -0.15) is 0 Å². The van der Waals surface area contributed by atoms with Gasteiger partial charge in [-0.15, -0.1) is 0 Å². The Balaban J connectivity index is 3.51. The Morgan fingerprint density at radius 3 is 1.91 bits per heavy atom. The number of rotatable bonds is 6. The standard InChI is InChI=1S/C9H21NO/c1-4-7-8-9-10(11,5-2)6-3/h4-9H2,1-3H3. The van der Waals surface area contributed by atoms with Crippen molar-refractivity contribution in [1.29, 1.82) is 0 Å². The number of hydroxylamine groups is 3. The molecule has 68 valence electrons. The molecule has 0 aromatic heterocycles. The number of quaternary nitrogens is 1. The van der Waals surface area contributed by atoms with Gasteiger partial charge in [-0.1, -0.05) is 13.3 Å². The summed E-state index contributed by atoms with van der Waals surface area (Å²) in [5.74, 6) is 0. The molecule has 0 aromatic carbocycles. The predicted octanol–water partition coefficient (Wildman–Crippen LogP) is 2.53. The van der Waals surface area contributed by atoms with E-state index in [9.17, 15) is 5.21 Å². The maximum absolute atomic E-state index is 11.7. The van der Waals surface area contributed by atoms with Gasteiger partial charge < -0.3 is 9.85 Å². The van der Waals surface area contributed by atoms with Crippen molar-refractivity contribution < 1.29 is 4.65 Å². The van der Waals surface area contributed by atoms with Crippen LogP contribution in [0.3, 0.4) is 0 Å². The fraction of sp³-hybridized carbons (Fsp3) is 1.00. The Bertz CT molecular complexity index is 89.6. The largest absolute Gasteiger partial charge is 0.633 e. The molecule has 0 aliphatic heterocycles. The van der Waals surface area contributed by atoms with Crippen LogP contribution in [0.2, 0.25) is 0 Å². The zero-order valence-electron chi connectivity index (χ0n) is 8.10. The number of hydrogen-bond donors (Lipinski definition) is 0. The summed E-state index contributed by atoms with van der Waals surface area (Å²) in [6.07, 6.45) is 3.48. The number of nitrogens with zero attached hydrogens (tertiary/aromatic N) is 1. The quantitative estimate of drug-likeness (QED) is 0.332. The monoisotopic (exact) mass is 159 g/mol. The molecule has 0 saturated heterocycles. The molecule has 0 spiro atoms. The van der Waals surface area contributed by atoms with Crippen LogP contribution in [0, 0.1) is 5.21 Å². The van der Waals surface area contributed by atoms with E-state index < -0.39 is 0 Å². The number of hydrogen-bond acceptors (Lipinski definition) is 1. The molecule has 0 saturated carbocycles. The van der Waals surface area contributed by atoms with Gasteiger partial charge in [0.15, 0.2) is 0 Å². The average Bonchev–Trinajstić information content (AvgIpc) is 2.05. The summed E-state index contributed by atoms with van der Waals surface area (Å²) in [4.78, 5) is 0. The van der Waals surface area contributed by atoms with E-state index in [2.05, 4.69) is 6.92 Å². The van der Waals surface area contributed by atoms with Crippen LogP contribution in [0.4, 0.5) is 0 Å². The van der Waals surface area contributed by atoms with Crippen LogP contribution in [0.25, 0.3) is 0 Å². The molecule has 0 aromatic rings. The van der Waals surface area contributed by atoms with Crippen molar-refractivity contribution in [2.24, 2.45) is 0 Å². The fourth-order valence-corrected chi connectivity index (χ4v) is 1.19. The molecule has 2 heteroatoms. The Morgan fingerprint density at radius 2 is 1.55 bits per heavy atom. The van der Waals surface area contributed by atoms with E-state index in [4.69, 9.17) is 0 Å². The van der Waals surface area contributed by atoms with Crippen LogP contribution in [0.15, 0.2) is 0 Å². The van der Waals surface area contributed by atoms with Gasteiger partial charge in [-0.3, -0.25) is 0 Å². The summed E-state index contributed by atoms with van der Waals surface area (Å²) in [6, 6.07) is 0. The van der Waals surface area contributed by atoms with Crippen molar-refractivity contribution in [2.45, 2.75) is 40.0 Å². The van der Waals surface area contributed by atoms with E-state index in [1.165, 1.54) is 12.8 Å². The second-order valence-electron chi connectivity index (χ2n) is 3.12. The molecular formula is C9H21NO. The first-order valence-corrected chi connectivity index (χ1v) is 4.75. The molecule has 0 aliphatic rings. The van der Waals surface area contributed by atoms with Gasteiger partial charge in [-0.25, -0.2) is 0 Å². The molecule has 0 N–H and O–H groups in total. The van der Waals surface area contributed by atoms with Crippen LogP contribution in [0.1, 0.15) is 40.0 Å². The van der Waals surface area contributed by atoms with Crippen LogP contribution in [-0.4, -0.2) is 24.3 Å². The van der Waals surface area contributed by atoms with Gasteiger partial charge in [0.25, 0.3) is 0 Å². The van der Waals surface area contributed by atoms with Gasteiger partial charge in [0.05, 0.1) is 19.6 Å². The van der Waals surface area contributed by atoms with E-state index in [1.807, 2.05) is 13.8 Å². The van der Waals surface area contributed by atoms with E-state index >= 15 is 0 Å². The molecule has 2 nitrogen and oxygen atoms in total. The van der Waals surface area contributed by atoms with Gasteiger partial charge in [0, 0.05) is 0 Å². The molecule has 0 radical (unpaired) electrons. The van der Waals surface area contributed by atoms with Crippen LogP contribution < -0.4 is 0 Å². The fourth-order valence-electron chi connectivity index (χ4n) is 1.19. The normalized spacial score (nSPS) is 12.0. The van der Waals surface area contributed by atoms with Crippen molar-refractivity contribution in [3.63, 3.8) is 0 Å². The van der Waals surface area contributed by atoms with Gasteiger partial charge in [0.1, 0.15) is 0 Å². The van der Waals surface area contributed by atoms with Crippen LogP contribution in [-0.2, 0) is 0 Å². The van der Waals surface area contributed by atoms with E-state index in [1.54, 1.807) is 0 Å². The van der Waals surface area contributed by atoms with Gasteiger partial charge >= 0.3 is 0 Å². The predicted molar refractivity (Wildman–Crippen MR) is 49.1 cm³/mol. The minimum atomic E-state index is 0. The van der Waals surface area contributed by atoms with Crippen molar-refractivity contribution in [3.05, 3.63) is 5.21 Å². The first-order valence-electron chi connectivity index (χ1n) is 4.75. The lowest BCUT2D eigenvalue weighted by molar-refractivity contribution is -0.877. The molecule has 11 heavy (non-hydrogen) atoms. The molecule has 0 rings (SSSR count). The Kier molecular flexibility index (Phi) is 5.51. The third-order valence-corrected chi connectivity index (χ3v) is 2.32. The lowest BCUT2D eigenvalue weighted by Crippen LogP contribution is -2.42. The summed E-state index contributed by atoms with van der Waals surface area (Å²) in [7, 11) is 0. The zero-order chi connectivity index (χ0) is 8.74. The highest BCUT2D eigenvalue weighted by Crippen LogP contribution is 2.06. The molecule has 0 unspecified atom stereocenters. The maximum Gasteiger partial charge on any atom is 0.0783 e. The topological polar surface area (TPSA) is 23.1 Å². The molecule has 0 heterocycles. The number of unbranched alkanes of at least 4 members (excludes halogenated alkanes) is 2. The lowest BCUT2D eigenvalue weighted by atomic mass is 10.2. The zero-order valence-corrected chi connectivity index (χ0v) is 8.10. The Hall–Kier alpha value is -0.0800. The van der Waals surface area contributed by atoms with Crippen molar-refractivity contribution >= 4 is 0 Å². The van der Waals surface area contributed by atoms with E-state index in [0.29, 0.717) is 0 Å². The second kappa shape index (κ2) is 5.56. The summed E-state index contributed by atoms with van der Waals surface area (Å²) in [6.45, 7) is 8.36. The van der Waals surface area contributed by atoms with Crippen molar-refractivity contribution in [1.82, 2.24) is 0 Å². The highest BCUT2D eigenvalue weighted by molar-refractivity contribution is 4.41. The minimum Gasteiger partial charge on any atom is -0.633 e. The molecular weight excluding hydrogens is 138 g/mol. The third-order valence-electron chi connectivity index (χ3n) is 2.32. The summed E-state index contributed by atoms with van der Waals surface area (Å²) in [5, 5.41) is 11.7. The van der Waals surface area contributed by atoms with Crippen LogP contribution >= 0.6 is 0 Å². The third kappa shape index (κ3) is 4.38. The molecule has 0 atom stereocenters. The summed E-state index contributed by atoms with van der Waals surface area (Å²) in [5.41, 5.74) is 0. The van der Waals surface area contributed by atoms with Gasteiger partial charge in [0.2, 0.25) is 0 Å². The second-order valence-corrected chi connectivity index (χ2v) is 3.12. The highest BCUT2D eigenvalue weighted by Gasteiger charge is 2.09. The average molecular weight is 159 g/mol. The van der Waals surface area contributed by atoms with Crippen LogP contribution in [0.5, 0.6) is 0 Å². The maximum atomic E-state index is 11.7. The smallest absolute Gasteiger partial charge is 0.0783 e. The first kappa shape index (κ1) is 10.9. The molecule has 0 amide bonds.